The number of ether oxygens (including phenoxy) is 2. The third-order valence-corrected chi connectivity index (χ3v) is 11.6. The van der Waals surface area contributed by atoms with Gasteiger partial charge in [-0.05, 0) is 64.2 Å². The van der Waals surface area contributed by atoms with Crippen LogP contribution in [0.2, 0.25) is 0 Å². The lowest BCUT2D eigenvalue weighted by Crippen LogP contribution is -2.28. The minimum absolute atomic E-state index is 0.0949. The summed E-state index contributed by atoms with van der Waals surface area (Å²) in [5, 5.41) is 0. The van der Waals surface area contributed by atoms with E-state index >= 15 is 0 Å². The predicted octanol–water partition coefficient (Wildman–Crippen LogP) is 14.8. The molecule has 8 nitrogen and oxygen atoms in total. The van der Waals surface area contributed by atoms with Gasteiger partial charge in [-0.15, -0.1) is 0 Å². The average Bonchev–Trinajstić information content (AvgIpc) is 3.20. The summed E-state index contributed by atoms with van der Waals surface area (Å²) >= 11 is 0. The Kier molecular flexibility index (Phi) is 45.2. The molecule has 0 aromatic heterocycles. The van der Waals surface area contributed by atoms with Crippen LogP contribution in [0.4, 0.5) is 0 Å². The zero-order valence-electron chi connectivity index (χ0n) is 37.6. The largest absolute Gasteiger partial charge is 0.472 e. The molecule has 0 aliphatic rings. The molecule has 2 atom stereocenters. The molecule has 0 fully saturated rings. The van der Waals surface area contributed by atoms with Crippen LogP contribution in [0.25, 0.3) is 0 Å². The van der Waals surface area contributed by atoms with Gasteiger partial charge in [0.05, 0.1) is 19.8 Å². The number of phosphoric acid groups is 1. The first kappa shape index (κ1) is 56.0. The van der Waals surface area contributed by atoms with Crippen molar-refractivity contribution in [2.75, 3.05) is 33.0 Å². The van der Waals surface area contributed by atoms with Crippen molar-refractivity contribution in [3.8, 4) is 0 Å². The first-order chi connectivity index (χ1) is 27.9. The molecule has 0 aliphatic carbocycles. The van der Waals surface area contributed by atoms with Gasteiger partial charge in [-0.25, -0.2) is 4.57 Å². The quantitative estimate of drug-likeness (QED) is 0.0270. The Bertz CT molecular complexity index is 930. The molecule has 0 saturated carbocycles. The number of hydrogen-bond acceptors (Lipinski definition) is 7. The van der Waals surface area contributed by atoms with Gasteiger partial charge in [0.15, 0.2) is 0 Å². The SMILES string of the molecule is CCCCC/C=C\CCCCCCCCOCC(COP(=O)(O)OCCN)OC(=O)CCCCCCCCCCCCCCC/C=C\CCCCCCCCCC. The molecule has 0 radical (unpaired) electrons. The summed E-state index contributed by atoms with van der Waals surface area (Å²) in [6.07, 6.45) is 52.1. The molecule has 0 aromatic carbocycles. The molecule has 0 saturated heterocycles. The standard InChI is InChI=1S/C48H94NO7P/c1-3-5-7-9-11-13-15-17-18-19-20-21-22-23-24-25-26-27-28-29-31-33-35-37-39-41-48(50)56-47(46-55-57(51,52)54-44-42-49)45-53-43-40-38-36-34-32-30-16-14-12-10-8-6-4-2/h12,14,19-20,47H,3-11,13,15-18,21-46,49H2,1-2H3,(H,51,52)/b14-12-,20-19-. The summed E-state index contributed by atoms with van der Waals surface area (Å²) in [7, 11) is -4.28. The minimum Gasteiger partial charge on any atom is -0.457 e. The van der Waals surface area contributed by atoms with Crippen LogP contribution in [0.1, 0.15) is 239 Å². The molecule has 0 aromatic rings. The van der Waals surface area contributed by atoms with E-state index in [-0.39, 0.29) is 32.3 Å². The van der Waals surface area contributed by atoms with Crippen LogP contribution in [0.15, 0.2) is 24.3 Å². The first-order valence-corrected chi connectivity index (χ1v) is 25.8. The highest BCUT2D eigenvalue weighted by Crippen LogP contribution is 2.43. The molecule has 338 valence electrons. The van der Waals surface area contributed by atoms with Crippen LogP contribution in [0.5, 0.6) is 0 Å². The van der Waals surface area contributed by atoms with Crippen LogP contribution < -0.4 is 5.73 Å². The number of carbonyl (C=O) groups is 1. The fourth-order valence-electron chi connectivity index (χ4n) is 6.99. The van der Waals surface area contributed by atoms with E-state index in [2.05, 4.69) is 38.2 Å². The van der Waals surface area contributed by atoms with Crippen molar-refractivity contribution < 1.29 is 32.8 Å². The maximum absolute atomic E-state index is 12.6. The number of unbranched alkanes of at least 4 members (excludes halogenated alkanes) is 30. The summed E-state index contributed by atoms with van der Waals surface area (Å²) in [6, 6.07) is 0. The van der Waals surface area contributed by atoms with Gasteiger partial charge in [-0.3, -0.25) is 13.8 Å². The van der Waals surface area contributed by atoms with E-state index < -0.39 is 13.9 Å². The molecule has 0 spiro atoms. The van der Waals surface area contributed by atoms with Crippen molar-refractivity contribution in [3.63, 3.8) is 0 Å². The smallest absolute Gasteiger partial charge is 0.457 e. The van der Waals surface area contributed by atoms with E-state index in [9.17, 15) is 14.3 Å². The van der Waals surface area contributed by atoms with Crippen LogP contribution >= 0.6 is 7.82 Å². The zero-order chi connectivity index (χ0) is 41.6. The normalized spacial score (nSPS) is 13.5. The lowest BCUT2D eigenvalue weighted by atomic mass is 10.0. The second-order valence-electron chi connectivity index (χ2n) is 16.3. The topological polar surface area (TPSA) is 117 Å². The molecule has 0 amide bonds. The van der Waals surface area contributed by atoms with Crippen molar-refractivity contribution in [1.82, 2.24) is 0 Å². The maximum atomic E-state index is 12.6. The van der Waals surface area contributed by atoms with E-state index in [0.717, 1.165) is 32.1 Å². The predicted molar refractivity (Wildman–Crippen MR) is 243 cm³/mol. The zero-order valence-corrected chi connectivity index (χ0v) is 38.5. The number of carbonyl (C=O) groups excluding carboxylic acids is 1. The van der Waals surface area contributed by atoms with Gasteiger partial charge in [0.2, 0.25) is 0 Å². The lowest BCUT2D eigenvalue weighted by molar-refractivity contribution is -0.154. The minimum atomic E-state index is -4.28. The van der Waals surface area contributed by atoms with Gasteiger partial charge in [-0.2, -0.15) is 0 Å². The first-order valence-electron chi connectivity index (χ1n) is 24.3. The second-order valence-corrected chi connectivity index (χ2v) is 17.8. The maximum Gasteiger partial charge on any atom is 0.472 e. The third-order valence-electron chi connectivity index (χ3n) is 10.6. The molecular weight excluding hydrogens is 734 g/mol. The van der Waals surface area contributed by atoms with Crippen LogP contribution in [-0.2, 0) is 27.9 Å². The Morgan fingerprint density at radius 1 is 0.509 bits per heavy atom. The molecular formula is C48H94NO7P. The van der Waals surface area contributed by atoms with Crippen LogP contribution in [0, 0.1) is 0 Å². The van der Waals surface area contributed by atoms with Crippen LogP contribution in [0.3, 0.4) is 0 Å². The van der Waals surface area contributed by atoms with Crippen molar-refractivity contribution in [2.45, 2.75) is 245 Å². The Hall–Kier alpha value is -1.02. The highest BCUT2D eigenvalue weighted by molar-refractivity contribution is 7.47. The summed E-state index contributed by atoms with van der Waals surface area (Å²) in [5.41, 5.74) is 5.38. The van der Waals surface area contributed by atoms with Gasteiger partial charge in [0.25, 0.3) is 0 Å². The number of hydrogen-bond donors (Lipinski definition) is 2. The molecule has 0 heterocycles. The van der Waals surface area contributed by atoms with Gasteiger partial charge in [0.1, 0.15) is 6.10 Å². The number of esters is 1. The fourth-order valence-corrected chi connectivity index (χ4v) is 7.75. The Labute approximate surface area is 353 Å². The van der Waals surface area contributed by atoms with Crippen LogP contribution in [-0.4, -0.2) is 49.9 Å². The molecule has 3 N–H and O–H groups in total. The Morgan fingerprint density at radius 3 is 1.32 bits per heavy atom. The molecule has 0 rings (SSSR count). The van der Waals surface area contributed by atoms with Crippen molar-refractivity contribution >= 4 is 13.8 Å². The lowest BCUT2D eigenvalue weighted by Gasteiger charge is -2.20. The summed E-state index contributed by atoms with van der Waals surface area (Å²) in [5.74, 6) is -0.329. The molecule has 2 unspecified atom stereocenters. The molecule has 0 aliphatic heterocycles. The monoisotopic (exact) mass is 828 g/mol. The highest BCUT2D eigenvalue weighted by atomic mass is 31.2. The summed E-state index contributed by atoms with van der Waals surface area (Å²) in [6.45, 7) is 4.92. The fraction of sp³-hybridized carbons (Fsp3) is 0.896. The Balaban J connectivity index is 3.88. The number of phosphoric ester groups is 1. The van der Waals surface area contributed by atoms with Gasteiger partial charge >= 0.3 is 13.8 Å². The number of allylic oxidation sites excluding steroid dienone is 4. The van der Waals surface area contributed by atoms with Crippen molar-refractivity contribution in [3.05, 3.63) is 24.3 Å². The van der Waals surface area contributed by atoms with Gasteiger partial charge < -0.3 is 20.1 Å². The van der Waals surface area contributed by atoms with Gasteiger partial charge in [-0.1, -0.05) is 192 Å². The number of rotatable bonds is 47. The van der Waals surface area contributed by atoms with E-state index in [1.807, 2.05) is 0 Å². The molecule has 0 bridgehead atoms. The molecule has 57 heavy (non-hydrogen) atoms. The van der Waals surface area contributed by atoms with Crippen molar-refractivity contribution in [2.24, 2.45) is 5.73 Å². The third kappa shape index (κ3) is 45.9. The highest BCUT2D eigenvalue weighted by Gasteiger charge is 2.25. The Morgan fingerprint density at radius 2 is 0.877 bits per heavy atom. The van der Waals surface area contributed by atoms with Crippen molar-refractivity contribution in [1.29, 1.82) is 0 Å². The second kappa shape index (κ2) is 46.1. The number of nitrogens with two attached hydrogens (primary N) is 1. The van der Waals surface area contributed by atoms with E-state index in [0.29, 0.717) is 13.0 Å². The molecule has 9 heteroatoms. The van der Waals surface area contributed by atoms with E-state index in [1.165, 1.54) is 186 Å². The average molecular weight is 828 g/mol. The summed E-state index contributed by atoms with van der Waals surface area (Å²) < 4.78 is 33.5. The van der Waals surface area contributed by atoms with E-state index in [4.69, 9.17) is 24.3 Å². The van der Waals surface area contributed by atoms with E-state index in [1.54, 1.807) is 0 Å². The van der Waals surface area contributed by atoms with Gasteiger partial charge in [0, 0.05) is 19.6 Å². The summed E-state index contributed by atoms with van der Waals surface area (Å²) in [4.78, 5) is 22.5.